The lowest BCUT2D eigenvalue weighted by Crippen LogP contribution is -2.17. The lowest BCUT2D eigenvalue weighted by Gasteiger charge is -2.20. The summed E-state index contributed by atoms with van der Waals surface area (Å²) in [4.78, 5) is 23.4. The third-order valence-corrected chi connectivity index (χ3v) is 6.28. The van der Waals surface area contributed by atoms with E-state index in [0.29, 0.717) is 61.9 Å². The molecule has 0 saturated heterocycles. The van der Waals surface area contributed by atoms with Crippen LogP contribution in [0, 0.1) is 13.8 Å². The number of ether oxygens (including phenoxy) is 4. The van der Waals surface area contributed by atoms with Crippen molar-refractivity contribution in [3.05, 3.63) is 81.9 Å². The van der Waals surface area contributed by atoms with Crippen LogP contribution in [0.25, 0.3) is 0 Å². The van der Waals surface area contributed by atoms with Gasteiger partial charge in [0.05, 0.1) is 12.8 Å². The first-order valence-corrected chi connectivity index (χ1v) is 11.5. The Labute approximate surface area is 198 Å². The van der Waals surface area contributed by atoms with E-state index in [4.69, 9.17) is 18.9 Å². The standard InChI is InChI=1S/C28H26O6/c1-17-23(10-6-21-8-12-25(29)33-27(17)21)31-15-19-4-3-5-20(14-19)16-32-24-11-7-22-9-13-26(30)34-28(22)18(24)2/h3-7,10-11,14H,8-9,12-13,15-16H2,1-2H3. The number of benzene rings is 3. The number of carbonyl (C=O) groups excluding carboxylic acids is 2. The predicted molar refractivity (Wildman–Crippen MR) is 125 cm³/mol. The van der Waals surface area contributed by atoms with Gasteiger partial charge >= 0.3 is 11.9 Å². The summed E-state index contributed by atoms with van der Waals surface area (Å²) in [5.74, 6) is 2.26. The van der Waals surface area contributed by atoms with Crippen LogP contribution in [-0.4, -0.2) is 11.9 Å². The largest absolute Gasteiger partial charge is 0.488 e. The van der Waals surface area contributed by atoms with Gasteiger partial charge in [0.25, 0.3) is 0 Å². The van der Waals surface area contributed by atoms with Gasteiger partial charge in [-0.1, -0.05) is 30.3 Å². The molecule has 0 amide bonds. The molecule has 2 aliphatic rings. The SMILES string of the molecule is Cc1c(OCc2cccc(COc3ccc4c(c3C)OC(=O)CC4)c2)ccc2c1OC(=O)CC2. The molecule has 0 saturated carbocycles. The molecule has 3 aromatic rings. The quantitative estimate of drug-likeness (QED) is 0.375. The Bertz CT molecular complexity index is 1180. The highest BCUT2D eigenvalue weighted by molar-refractivity contribution is 5.77. The van der Waals surface area contributed by atoms with Gasteiger partial charge < -0.3 is 18.9 Å². The highest BCUT2D eigenvalue weighted by atomic mass is 16.5. The van der Waals surface area contributed by atoms with Crippen LogP contribution in [-0.2, 0) is 35.6 Å². The number of aryl methyl sites for hydroxylation is 2. The second-order valence-corrected chi connectivity index (χ2v) is 8.70. The van der Waals surface area contributed by atoms with Crippen LogP contribution in [0.1, 0.15) is 46.2 Å². The molecule has 0 aromatic heterocycles. The van der Waals surface area contributed by atoms with E-state index < -0.39 is 0 Å². The van der Waals surface area contributed by atoms with Crippen molar-refractivity contribution in [2.24, 2.45) is 0 Å². The van der Waals surface area contributed by atoms with E-state index in [1.165, 1.54) is 0 Å². The molecule has 5 rings (SSSR count). The third kappa shape index (κ3) is 4.49. The first-order valence-electron chi connectivity index (χ1n) is 11.5. The molecule has 6 nitrogen and oxygen atoms in total. The Hall–Kier alpha value is -3.80. The van der Waals surface area contributed by atoms with Crippen molar-refractivity contribution in [3.63, 3.8) is 0 Å². The molecule has 0 spiro atoms. The highest BCUT2D eigenvalue weighted by Crippen LogP contribution is 2.36. The van der Waals surface area contributed by atoms with Gasteiger partial charge in [-0.2, -0.15) is 0 Å². The van der Waals surface area contributed by atoms with Crippen molar-refractivity contribution in [1.82, 2.24) is 0 Å². The fourth-order valence-corrected chi connectivity index (χ4v) is 4.38. The lowest BCUT2D eigenvalue weighted by molar-refractivity contribution is -0.136. The summed E-state index contributed by atoms with van der Waals surface area (Å²) < 4.78 is 23.0. The van der Waals surface area contributed by atoms with E-state index in [-0.39, 0.29) is 11.9 Å². The molecule has 0 atom stereocenters. The van der Waals surface area contributed by atoms with Gasteiger partial charge in [0.1, 0.15) is 36.2 Å². The fraction of sp³-hybridized carbons (Fsp3) is 0.286. The van der Waals surface area contributed by atoms with Gasteiger partial charge in [-0.05, 0) is 67.1 Å². The molecule has 3 aromatic carbocycles. The molecule has 0 N–H and O–H groups in total. The maximum absolute atomic E-state index is 11.7. The lowest BCUT2D eigenvalue weighted by atomic mass is 10.0. The average molecular weight is 459 g/mol. The molecular weight excluding hydrogens is 432 g/mol. The molecule has 34 heavy (non-hydrogen) atoms. The molecular formula is C28H26O6. The molecule has 174 valence electrons. The predicted octanol–water partition coefficient (Wildman–Crippen LogP) is 5.16. The topological polar surface area (TPSA) is 71.1 Å². The zero-order valence-electron chi connectivity index (χ0n) is 19.3. The van der Waals surface area contributed by atoms with Crippen molar-refractivity contribution in [2.75, 3.05) is 0 Å². The molecule has 0 radical (unpaired) electrons. The molecule has 6 heteroatoms. The number of fused-ring (bicyclic) bond motifs is 2. The van der Waals surface area contributed by atoms with Crippen LogP contribution in [0.15, 0.2) is 48.5 Å². The zero-order valence-corrected chi connectivity index (χ0v) is 19.3. The minimum Gasteiger partial charge on any atom is -0.488 e. The van der Waals surface area contributed by atoms with E-state index in [9.17, 15) is 9.59 Å². The van der Waals surface area contributed by atoms with Gasteiger partial charge in [0, 0.05) is 11.1 Å². The zero-order chi connectivity index (χ0) is 23.7. The summed E-state index contributed by atoms with van der Waals surface area (Å²) in [6.07, 6.45) is 2.22. The van der Waals surface area contributed by atoms with Crippen molar-refractivity contribution in [3.8, 4) is 23.0 Å². The summed E-state index contributed by atoms with van der Waals surface area (Å²) in [5.41, 5.74) is 5.77. The minimum absolute atomic E-state index is 0.201. The number of esters is 2. The van der Waals surface area contributed by atoms with Crippen LogP contribution < -0.4 is 18.9 Å². The monoisotopic (exact) mass is 458 g/mol. The van der Waals surface area contributed by atoms with Crippen molar-refractivity contribution in [2.45, 2.75) is 52.7 Å². The summed E-state index contributed by atoms with van der Waals surface area (Å²) in [6, 6.07) is 15.8. The maximum Gasteiger partial charge on any atom is 0.311 e. The summed E-state index contributed by atoms with van der Waals surface area (Å²) >= 11 is 0. The second-order valence-electron chi connectivity index (χ2n) is 8.70. The minimum atomic E-state index is -0.201. The van der Waals surface area contributed by atoms with Crippen molar-refractivity contribution >= 4 is 11.9 Å². The van der Waals surface area contributed by atoms with E-state index in [1.807, 2.05) is 62.4 Å². The van der Waals surface area contributed by atoms with Crippen LogP contribution in [0.2, 0.25) is 0 Å². The molecule has 2 heterocycles. The first-order chi connectivity index (χ1) is 16.5. The first kappa shape index (κ1) is 22.0. The van der Waals surface area contributed by atoms with Crippen molar-refractivity contribution in [1.29, 1.82) is 0 Å². The summed E-state index contributed by atoms with van der Waals surface area (Å²) in [7, 11) is 0. The Morgan fingerprint density at radius 3 is 1.62 bits per heavy atom. The van der Waals surface area contributed by atoms with Crippen LogP contribution in [0.4, 0.5) is 0 Å². The van der Waals surface area contributed by atoms with Crippen LogP contribution in [0.5, 0.6) is 23.0 Å². The molecule has 0 bridgehead atoms. The van der Waals surface area contributed by atoms with Gasteiger partial charge in [-0.15, -0.1) is 0 Å². The van der Waals surface area contributed by atoms with E-state index in [1.54, 1.807) is 0 Å². The maximum atomic E-state index is 11.7. The van der Waals surface area contributed by atoms with Crippen molar-refractivity contribution < 1.29 is 28.5 Å². The molecule has 0 aliphatic carbocycles. The number of hydrogen-bond donors (Lipinski definition) is 0. The third-order valence-electron chi connectivity index (χ3n) is 6.28. The fourth-order valence-electron chi connectivity index (χ4n) is 4.38. The van der Waals surface area contributed by atoms with E-state index in [0.717, 1.165) is 33.4 Å². The summed E-state index contributed by atoms with van der Waals surface area (Å²) in [6.45, 7) is 4.59. The average Bonchev–Trinajstić information content (AvgIpc) is 2.84. The van der Waals surface area contributed by atoms with Crippen LogP contribution >= 0.6 is 0 Å². The van der Waals surface area contributed by atoms with Crippen LogP contribution in [0.3, 0.4) is 0 Å². The van der Waals surface area contributed by atoms with Gasteiger partial charge in [0.15, 0.2) is 0 Å². The molecule has 0 unspecified atom stereocenters. The Kier molecular flexibility index (Phi) is 5.97. The normalized spacial score (nSPS) is 14.5. The van der Waals surface area contributed by atoms with E-state index >= 15 is 0 Å². The molecule has 2 aliphatic heterocycles. The number of rotatable bonds is 6. The summed E-state index contributed by atoms with van der Waals surface area (Å²) in [5, 5.41) is 0. The Balaban J connectivity index is 1.25. The number of carbonyl (C=O) groups is 2. The smallest absolute Gasteiger partial charge is 0.311 e. The highest BCUT2D eigenvalue weighted by Gasteiger charge is 2.22. The second kappa shape index (κ2) is 9.21. The van der Waals surface area contributed by atoms with Gasteiger partial charge in [-0.25, -0.2) is 0 Å². The molecule has 0 fully saturated rings. The Morgan fingerprint density at radius 1 is 0.676 bits per heavy atom. The Morgan fingerprint density at radius 2 is 1.15 bits per heavy atom. The van der Waals surface area contributed by atoms with E-state index in [2.05, 4.69) is 0 Å². The van der Waals surface area contributed by atoms with Gasteiger partial charge in [0.2, 0.25) is 0 Å². The van der Waals surface area contributed by atoms with Gasteiger partial charge in [-0.3, -0.25) is 9.59 Å². The number of hydrogen-bond acceptors (Lipinski definition) is 6.